The van der Waals surface area contributed by atoms with E-state index >= 15 is 0 Å². The fourth-order valence-corrected chi connectivity index (χ4v) is 2.73. The zero-order valence-corrected chi connectivity index (χ0v) is 9.71. The number of hydrogen-bond donors (Lipinski definition) is 0. The van der Waals surface area contributed by atoms with Gasteiger partial charge in [0.15, 0.2) is 0 Å². The van der Waals surface area contributed by atoms with Crippen LogP contribution in [0.5, 0.6) is 0 Å². The first-order valence-corrected chi connectivity index (χ1v) is 6.24. The highest BCUT2D eigenvalue weighted by Gasteiger charge is 2.23. The van der Waals surface area contributed by atoms with Crippen molar-refractivity contribution in [2.75, 3.05) is 19.4 Å². The predicted octanol–water partition coefficient (Wildman–Crippen LogP) is 2.72. The molecule has 0 atom stereocenters. The largest absolute Gasteiger partial charge is 0.334 e. The molecule has 0 spiro atoms. The van der Waals surface area contributed by atoms with Gasteiger partial charge < -0.3 is 9.05 Å². The molecule has 5 heteroatoms. The van der Waals surface area contributed by atoms with Gasteiger partial charge in [0.25, 0.3) is 0 Å². The molecule has 0 aliphatic carbocycles. The third-order valence-electron chi connectivity index (χ3n) is 1.41. The number of nitrogens with zero attached hydrogens (tertiary/aromatic N) is 1. The minimum absolute atomic E-state index is 0.183. The topological polar surface area (TPSA) is 59.3 Å². The van der Waals surface area contributed by atoms with Crippen molar-refractivity contribution in [1.29, 1.82) is 5.26 Å². The summed E-state index contributed by atoms with van der Waals surface area (Å²) in [6, 6.07) is 1.88. The van der Waals surface area contributed by atoms with Crippen molar-refractivity contribution in [1.82, 2.24) is 0 Å². The lowest BCUT2D eigenvalue weighted by Gasteiger charge is -2.16. The van der Waals surface area contributed by atoms with E-state index in [1.165, 1.54) is 6.08 Å². The fraction of sp³-hybridized carbons (Fsp3) is 0.667. The van der Waals surface area contributed by atoms with Gasteiger partial charge in [0, 0.05) is 6.08 Å². The molecule has 0 fully saturated rings. The Morgan fingerprint density at radius 1 is 1.43 bits per heavy atom. The van der Waals surface area contributed by atoms with Crippen LogP contribution in [0.4, 0.5) is 0 Å². The monoisotopic (exact) mass is 221 g/mol. The molecule has 0 aliphatic heterocycles. The van der Waals surface area contributed by atoms with Crippen LogP contribution < -0.4 is 0 Å². The maximum absolute atomic E-state index is 11.9. The van der Waals surface area contributed by atoms with Crippen LogP contribution in [0.15, 0.2) is 11.6 Å². The van der Waals surface area contributed by atoms with Crippen molar-refractivity contribution < 1.29 is 13.6 Å². The summed E-state index contributed by atoms with van der Waals surface area (Å²) < 4.78 is 22.0. The van der Waals surface area contributed by atoms with Crippen LogP contribution in [0.3, 0.4) is 0 Å². The van der Waals surface area contributed by atoms with Gasteiger partial charge in [0.05, 0.1) is 25.4 Å². The third kappa shape index (κ3) is 5.18. The molecule has 0 aromatic heterocycles. The maximum Gasteiger partial charge on any atom is 0.334 e. The van der Waals surface area contributed by atoms with E-state index in [1.807, 2.05) is 6.07 Å². The minimum atomic E-state index is -3.02. The number of nitriles is 1. The quantitative estimate of drug-likeness (QED) is 0.393. The van der Waals surface area contributed by atoms with E-state index in [2.05, 4.69) is 0 Å². The van der Waals surface area contributed by atoms with E-state index in [0.29, 0.717) is 18.8 Å². The molecule has 0 radical (unpaired) electrons. The molecule has 0 N–H and O–H groups in total. The van der Waals surface area contributed by atoms with Crippen LogP contribution in [-0.4, -0.2) is 19.4 Å². The van der Waals surface area contributed by atoms with Crippen molar-refractivity contribution in [2.45, 2.75) is 20.8 Å². The average molecular weight is 221 g/mol. The second-order valence-electron chi connectivity index (χ2n) is 2.72. The van der Waals surface area contributed by atoms with Gasteiger partial charge in [-0.15, -0.1) is 0 Å². The van der Waals surface area contributed by atoms with Crippen molar-refractivity contribution in [3.05, 3.63) is 11.6 Å². The molecular formula is C9H16NO3P. The van der Waals surface area contributed by atoms with E-state index < -0.39 is 7.60 Å². The standard InChI is InChI=1S/C9H16NO3P/c1-4-12-14(11,13-5-2)8-9(3)6-7-10/h6H,4-5,8H2,1-3H3/b9-6+/i3+1,6+1,8+1,9+1. The van der Waals surface area contributed by atoms with Crippen molar-refractivity contribution in [3.8, 4) is 6.07 Å². The second-order valence-corrected chi connectivity index (χ2v) is 4.78. The van der Waals surface area contributed by atoms with Crippen LogP contribution in [0, 0.1) is 11.3 Å². The normalized spacial score (nSPS) is 12.6. The first-order valence-electron chi connectivity index (χ1n) is 4.51. The molecule has 80 valence electrons. The Labute approximate surface area is 85.1 Å². The summed E-state index contributed by atoms with van der Waals surface area (Å²) in [6.07, 6.45) is 1.53. The summed E-state index contributed by atoms with van der Waals surface area (Å²) in [6.45, 7) is 5.94. The first kappa shape index (κ1) is 13.4. The Balaban J connectivity index is 4.45. The van der Waals surface area contributed by atoms with Crippen LogP contribution >= 0.6 is 7.60 Å². The van der Waals surface area contributed by atoms with Gasteiger partial charge in [0.1, 0.15) is 0 Å². The SMILES string of the molecule is CCOP(=O)([13CH2]/[13C]([13CH3])=[13CH]/C#N)OCC. The number of allylic oxidation sites excluding steroid dienone is 2. The molecule has 4 nitrogen and oxygen atoms in total. The van der Waals surface area contributed by atoms with E-state index in [1.54, 1.807) is 20.8 Å². The van der Waals surface area contributed by atoms with Crippen LogP contribution in [0.25, 0.3) is 0 Å². The molecule has 0 aliphatic rings. The summed E-state index contributed by atoms with van der Waals surface area (Å²) in [7, 11) is -3.02. The molecule has 0 saturated heterocycles. The minimum Gasteiger partial charge on any atom is -0.309 e. The van der Waals surface area contributed by atoms with Gasteiger partial charge in [-0.3, -0.25) is 4.57 Å². The zero-order chi connectivity index (χ0) is 11.0. The summed E-state index contributed by atoms with van der Waals surface area (Å²) >= 11 is 0. The lowest BCUT2D eigenvalue weighted by atomic mass is 10.9. The Morgan fingerprint density at radius 3 is 2.29 bits per heavy atom. The highest BCUT2D eigenvalue weighted by Crippen LogP contribution is 2.49. The van der Waals surface area contributed by atoms with Crippen molar-refractivity contribution >= 4 is 7.60 Å². The molecule has 0 saturated carbocycles. The third-order valence-corrected chi connectivity index (χ3v) is 3.59. The molecule has 0 aromatic rings. The molecule has 14 heavy (non-hydrogen) atoms. The van der Waals surface area contributed by atoms with E-state index in [4.69, 9.17) is 14.3 Å². The average Bonchev–Trinajstić information content (AvgIpc) is 2.04. The highest BCUT2D eigenvalue weighted by atomic mass is 31.2. The lowest BCUT2D eigenvalue weighted by Crippen LogP contribution is -2.01. The van der Waals surface area contributed by atoms with E-state index in [-0.39, 0.29) is 6.16 Å². The Kier molecular flexibility index (Phi) is 6.48. The molecule has 0 aromatic carbocycles. The predicted molar refractivity (Wildman–Crippen MR) is 55.1 cm³/mol. The smallest absolute Gasteiger partial charge is 0.309 e. The summed E-state index contributed by atoms with van der Waals surface area (Å²) in [5.74, 6) is 0. The summed E-state index contributed by atoms with van der Waals surface area (Å²) in [4.78, 5) is 0. The maximum atomic E-state index is 11.9. The van der Waals surface area contributed by atoms with Gasteiger partial charge in [-0.1, -0.05) is 5.57 Å². The van der Waals surface area contributed by atoms with Crippen LogP contribution in [0.1, 0.15) is 20.8 Å². The van der Waals surface area contributed by atoms with Gasteiger partial charge in [-0.2, -0.15) is 5.26 Å². The molecule has 0 rings (SSSR count). The van der Waals surface area contributed by atoms with Crippen LogP contribution in [0.2, 0.25) is 0 Å². The van der Waals surface area contributed by atoms with Gasteiger partial charge >= 0.3 is 7.60 Å². The fourth-order valence-electron chi connectivity index (χ4n) is 0.983. The van der Waals surface area contributed by atoms with E-state index in [0.717, 1.165) is 0 Å². The second kappa shape index (κ2) is 6.78. The van der Waals surface area contributed by atoms with Crippen molar-refractivity contribution in [3.63, 3.8) is 0 Å². The molecule has 0 bridgehead atoms. The van der Waals surface area contributed by atoms with E-state index in [9.17, 15) is 4.57 Å². The molecule has 0 heterocycles. The first-order chi connectivity index (χ1) is 6.58. The highest BCUT2D eigenvalue weighted by molar-refractivity contribution is 7.54. The van der Waals surface area contributed by atoms with Gasteiger partial charge in [0.2, 0.25) is 0 Å². The number of rotatable bonds is 6. The van der Waals surface area contributed by atoms with Crippen molar-refractivity contribution in [2.24, 2.45) is 0 Å². The summed E-state index contributed by atoms with van der Waals surface area (Å²) in [5.41, 5.74) is 0.706. The van der Waals surface area contributed by atoms with Gasteiger partial charge in [-0.25, -0.2) is 0 Å². The number of hydrogen-bond acceptors (Lipinski definition) is 4. The molecule has 0 unspecified atom stereocenters. The zero-order valence-electron chi connectivity index (χ0n) is 8.82. The molecular weight excluding hydrogens is 205 g/mol. The Bertz CT molecular complexity index is 270. The molecule has 0 amide bonds. The Morgan fingerprint density at radius 2 is 1.93 bits per heavy atom. The summed E-state index contributed by atoms with van der Waals surface area (Å²) in [5, 5.41) is 8.40. The lowest BCUT2D eigenvalue weighted by molar-refractivity contribution is 0.222. The van der Waals surface area contributed by atoms with Gasteiger partial charge in [-0.05, 0) is 20.8 Å². The van der Waals surface area contributed by atoms with Crippen LogP contribution in [-0.2, 0) is 13.6 Å². The Hall–Kier alpha value is -0.620.